The molecule has 0 aromatic rings. The summed E-state index contributed by atoms with van der Waals surface area (Å²) in [6.07, 6.45) is 3.39. The van der Waals surface area contributed by atoms with Crippen molar-refractivity contribution in [2.45, 2.75) is 46.1 Å². The summed E-state index contributed by atoms with van der Waals surface area (Å²) in [5, 5.41) is 6.68. The van der Waals surface area contributed by atoms with E-state index >= 15 is 0 Å². The highest BCUT2D eigenvalue weighted by Gasteiger charge is 2.15. The van der Waals surface area contributed by atoms with Crippen LogP contribution in [0.3, 0.4) is 0 Å². The SMILES string of the molecule is CCOC(CCNC(=NC)NCCCOCC1CCOC1)C(C)C. The fourth-order valence-electron chi connectivity index (χ4n) is 2.72. The third-order valence-electron chi connectivity index (χ3n) is 4.20. The molecule has 0 aliphatic carbocycles. The van der Waals surface area contributed by atoms with Gasteiger partial charge in [0.15, 0.2) is 5.96 Å². The topological polar surface area (TPSA) is 64.1 Å². The second-order valence-electron chi connectivity index (χ2n) is 6.61. The molecule has 6 heteroatoms. The Kier molecular flexibility index (Phi) is 11.9. The Morgan fingerprint density at radius 3 is 2.71 bits per heavy atom. The van der Waals surface area contributed by atoms with E-state index in [-0.39, 0.29) is 0 Å². The molecule has 0 bridgehead atoms. The first-order valence-electron chi connectivity index (χ1n) is 9.39. The van der Waals surface area contributed by atoms with E-state index in [4.69, 9.17) is 14.2 Å². The Morgan fingerprint density at radius 1 is 1.29 bits per heavy atom. The lowest BCUT2D eigenvalue weighted by molar-refractivity contribution is 0.0258. The van der Waals surface area contributed by atoms with Crippen molar-refractivity contribution < 1.29 is 14.2 Å². The van der Waals surface area contributed by atoms with E-state index in [0.717, 1.165) is 71.3 Å². The average Bonchev–Trinajstić information content (AvgIpc) is 3.08. The first-order valence-corrected chi connectivity index (χ1v) is 9.39. The molecule has 0 spiro atoms. The summed E-state index contributed by atoms with van der Waals surface area (Å²) in [5.74, 6) is 1.97. The van der Waals surface area contributed by atoms with Gasteiger partial charge in [-0.25, -0.2) is 0 Å². The molecule has 0 aromatic carbocycles. The summed E-state index contributed by atoms with van der Waals surface area (Å²) in [6.45, 7) is 12.3. The van der Waals surface area contributed by atoms with Crippen molar-refractivity contribution in [2.24, 2.45) is 16.8 Å². The number of guanidine groups is 1. The van der Waals surface area contributed by atoms with Crippen LogP contribution in [0.25, 0.3) is 0 Å². The van der Waals surface area contributed by atoms with Crippen molar-refractivity contribution in [3.05, 3.63) is 0 Å². The third-order valence-corrected chi connectivity index (χ3v) is 4.20. The van der Waals surface area contributed by atoms with Crippen LogP contribution in [-0.4, -0.2) is 65.2 Å². The first-order chi connectivity index (χ1) is 11.7. The normalized spacial score (nSPS) is 19.7. The Bertz CT molecular complexity index is 331. The highest BCUT2D eigenvalue weighted by atomic mass is 16.5. The largest absolute Gasteiger partial charge is 0.381 e. The second kappa shape index (κ2) is 13.4. The van der Waals surface area contributed by atoms with Gasteiger partial charge in [-0.15, -0.1) is 0 Å². The van der Waals surface area contributed by atoms with Crippen molar-refractivity contribution >= 4 is 5.96 Å². The summed E-state index contributed by atoms with van der Waals surface area (Å²) < 4.78 is 16.8. The van der Waals surface area contributed by atoms with Gasteiger partial charge in [0.1, 0.15) is 0 Å². The summed E-state index contributed by atoms with van der Waals surface area (Å²) in [4.78, 5) is 4.25. The fraction of sp³-hybridized carbons (Fsp3) is 0.944. The number of hydrogen-bond acceptors (Lipinski definition) is 4. The molecule has 1 fully saturated rings. The Labute approximate surface area is 147 Å². The minimum atomic E-state index is 0.300. The maximum atomic E-state index is 5.76. The van der Waals surface area contributed by atoms with Gasteiger partial charge in [0.25, 0.3) is 0 Å². The number of aliphatic imine (C=N–C) groups is 1. The lowest BCUT2D eigenvalue weighted by Crippen LogP contribution is -2.39. The van der Waals surface area contributed by atoms with Crippen molar-refractivity contribution in [3.8, 4) is 0 Å². The number of nitrogens with one attached hydrogen (secondary N) is 2. The van der Waals surface area contributed by atoms with Gasteiger partial charge in [0.05, 0.1) is 19.3 Å². The molecular formula is C18H37N3O3. The molecule has 0 amide bonds. The molecule has 2 atom stereocenters. The van der Waals surface area contributed by atoms with Gasteiger partial charge in [-0.2, -0.15) is 0 Å². The molecular weight excluding hydrogens is 306 g/mol. The molecule has 2 N–H and O–H groups in total. The van der Waals surface area contributed by atoms with E-state index < -0.39 is 0 Å². The average molecular weight is 344 g/mol. The summed E-state index contributed by atoms with van der Waals surface area (Å²) >= 11 is 0. The maximum absolute atomic E-state index is 5.76. The molecule has 0 aromatic heterocycles. The van der Waals surface area contributed by atoms with E-state index in [2.05, 4.69) is 29.5 Å². The number of nitrogens with zero attached hydrogens (tertiary/aromatic N) is 1. The predicted octanol–water partition coefficient (Wildman–Crippen LogP) is 2.05. The Hall–Kier alpha value is -0.850. The van der Waals surface area contributed by atoms with Crippen LogP contribution in [0.1, 0.15) is 40.0 Å². The van der Waals surface area contributed by atoms with Gasteiger partial charge in [0.2, 0.25) is 0 Å². The van der Waals surface area contributed by atoms with Crippen LogP contribution in [0.5, 0.6) is 0 Å². The third kappa shape index (κ3) is 9.45. The molecule has 6 nitrogen and oxygen atoms in total. The van der Waals surface area contributed by atoms with Crippen molar-refractivity contribution in [1.82, 2.24) is 10.6 Å². The van der Waals surface area contributed by atoms with Crippen LogP contribution >= 0.6 is 0 Å². The lowest BCUT2D eigenvalue weighted by Gasteiger charge is -2.21. The van der Waals surface area contributed by atoms with Crippen LogP contribution in [-0.2, 0) is 14.2 Å². The highest BCUT2D eigenvalue weighted by molar-refractivity contribution is 5.79. The molecule has 1 aliphatic rings. The van der Waals surface area contributed by atoms with E-state index in [1.54, 1.807) is 7.05 Å². The monoisotopic (exact) mass is 343 g/mol. The summed E-state index contributed by atoms with van der Waals surface area (Å²) in [7, 11) is 1.80. The standard InChI is InChI=1S/C18H37N3O3/c1-5-24-17(15(2)3)7-10-21-18(19-4)20-9-6-11-22-13-16-8-12-23-14-16/h15-17H,5-14H2,1-4H3,(H2,19,20,21). The molecule has 142 valence electrons. The summed E-state index contributed by atoms with van der Waals surface area (Å²) in [5.41, 5.74) is 0. The van der Waals surface area contributed by atoms with Gasteiger partial charge in [-0.1, -0.05) is 13.8 Å². The van der Waals surface area contributed by atoms with E-state index in [9.17, 15) is 0 Å². The zero-order chi connectivity index (χ0) is 17.6. The minimum Gasteiger partial charge on any atom is -0.381 e. The van der Waals surface area contributed by atoms with Crippen LogP contribution in [0, 0.1) is 11.8 Å². The lowest BCUT2D eigenvalue weighted by atomic mass is 10.0. The molecule has 2 unspecified atom stereocenters. The Balaban J connectivity index is 2.03. The molecule has 1 rings (SSSR count). The van der Waals surface area contributed by atoms with Crippen molar-refractivity contribution in [1.29, 1.82) is 0 Å². The van der Waals surface area contributed by atoms with E-state index in [0.29, 0.717) is 17.9 Å². The van der Waals surface area contributed by atoms with Crippen LogP contribution in [0.2, 0.25) is 0 Å². The Morgan fingerprint density at radius 2 is 2.08 bits per heavy atom. The first kappa shape index (κ1) is 21.2. The molecule has 1 aliphatic heterocycles. The molecule has 0 radical (unpaired) electrons. The van der Waals surface area contributed by atoms with Gasteiger partial charge in [0, 0.05) is 45.9 Å². The maximum Gasteiger partial charge on any atom is 0.190 e. The zero-order valence-corrected chi connectivity index (χ0v) is 16.0. The van der Waals surface area contributed by atoms with Crippen molar-refractivity contribution in [3.63, 3.8) is 0 Å². The van der Waals surface area contributed by atoms with Crippen LogP contribution in [0.4, 0.5) is 0 Å². The van der Waals surface area contributed by atoms with Gasteiger partial charge in [-0.3, -0.25) is 4.99 Å². The minimum absolute atomic E-state index is 0.300. The second-order valence-corrected chi connectivity index (χ2v) is 6.61. The fourth-order valence-corrected chi connectivity index (χ4v) is 2.72. The number of hydrogen-bond donors (Lipinski definition) is 2. The van der Waals surface area contributed by atoms with Crippen LogP contribution in [0.15, 0.2) is 4.99 Å². The predicted molar refractivity (Wildman–Crippen MR) is 98.6 cm³/mol. The molecule has 1 heterocycles. The zero-order valence-electron chi connectivity index (χ0n) is 16.0. The quantitative estimate of drug-likeness (QED) is 0.323. The van der Waals surface area contributed by atoms with E-state index in [1.807, 2.05) is 6.92 Å². The van der Waals surface area contributed by atoms with Gasteiger partial charge in [-0.05, 0) is 32.1 Å². The van der Waals surface area contributed by atoms with E-state index in [1.165, 1.54) is 0 Å². The molecule has 0 saturated carbocycles. The van der Waals surface area contributed by atoms with Crippen molar-refractivity contribution in [2.75, 3.05) is 53.2 Å². The van der Waals surface area contributed by atoms with Gasteiger partial charge >= 0.3 is 0 Å². The smallest absolute Gasteiger partial charge is 0.190 e. The molecule has 24 heavy (non-hydrogen) atoms. The van der Waals surface area contributed by atoms with Gasteiger partial charge < -0.3 is 24.8 Å². The number of ether oxygens (including phenoxy) is 3. The highest BCUT2D eigenvalue weighted by Crippen LogP contribution is 2.12. The molecule has 1 saturated heterocycles. The number of rotatable bonds is 12. The van der Waals surface area contributed by atoms with Crippen LogP contribution < -0.4 is 10.6 Å². The summed E-state index contributed by atoms with van der Waals surface area (Å²) in [6, 6.07) is 0.